The molecule has 0 bridgehead atoms. The van der Waals surface area contributed by atoms with Gasteiger partial charge in [-0.05, 0) is 98.9 Å². The lowest BCUT2D eigenvalue weighted by Gasteiger charge is -2.57. The third-order valence-corrected chi connectivity index (χ3v) is 10.6. The van der Waals surface area contributed by atoms with Gasteiger partial charge in [0.2, 0.25) is 9.84 Å². The molecule has 0 N–H and O–H groups in total. The molecule has 0 saturated carbocycles. The lowest BCUT2D eigenvalue weighted by molar-refractivity contribution is -0.144. The number of nitrogens with zero attached hydrogens (tertiary/aromatic N) is 4. The number of hydrogen-bond donors (Lipinski definition) is 0. The smallest absolute Gasteiger partial charge is 0.305 e. The maximum Gasteiger partial charge on any atom is 0.305 e. The zero-order valence-corrected chi connectivity index (χ0v) is 25.0. The minimum absolute atomic E-state index is 0.0792. The number of carbonyl (C=O) groups is 1. The van der Waals surface area contributed by atoms with E-state index in [0.717, 1.165) is 30.7 Å². The van der Waals surface area contributed by atoms with Crippen molar-refractivity contribution in [2.75, 3.05) is 39.4 Å². The molecule has 2 aromatic rings. The van der Waals surface area contributed by atoms with Crippen LogP contribution < -0.4 is 4.74 Å². The van der Waals surface area contributed by atoms with Crippen LogP contribution in [0.25, 0.3) is 0 Å². The Labute approximate surface area is 243 Å². The Balaban J connectivity index is 1.05. The summed E-state index contributed by atoms with van der Waals surface area (Å²) < 4.78 is 41.2. The molecule has 0 spiro atoms. The maximum absolute atomic E-state index is 12.8. The zero-order valence-electron chi connectivity index (χ0n) is 24.2. The Bertz CT molecular complexity index is 1220. The van der Waals surface area contributed by atoms with Gasteiger partial charge in [0, 0.05) is 31.5 Å². The monoisotopic (exact) mass is 588 g/mol. The van der Waals surface area contributed by atoms with Crippen LogP contribution in [0, 0.1) is 11.8 Å². The third kappa shape index (κ3) is 7.11. The lowest BCUT2D eigenvalue weighted by atomic mass is 9.69. The van der Waals surface area contributed by atoms with Gasteiger partial charge in [0.15, 0.2) is 0 Å². The Morgan fingerprint density at radius 2 is 1.85 bits per heavy atom. The molecule has 1 unspecified atom stereocenters. The predicted octanol–water partition coefficient (Wildman–Crippen LogP) is 4.36. The van der Waals surface area contributed by atoms with Gasteiger partial charge in [-0.15, -0.1) is 0 Å². The molecule has 10 nitrogen and oxygen atoms in total. The van der Waals surface area contributed by atoms with Crippen molar-refractivity contribution < 1.29 is 27.3 Å². The molecule has 0 amide bonds. The SMILES string of the molecule is CCCCN1C[C@H]2CCCN3CCC[C@@H](C1CCCC(=O)OCCCOc1nonc1S(=O)(=O)c1ccccc1)[C@@H]23. The van der Waals surface area contributed by atoms with Crippen LogP contribution in [0.1, 0.15) is 71.1 Å². The minimum Gasteiger partial charge on any atom is -0.473 e. The summed E-state index contributed by atoms with van der Waals surface area (Å²) in [5.41, 5.74) is 0. The Hall–Kier alpha value is -2.50. The molecule has 11 heteroatoms. The summed E-state index contributed by atoms with van der Waals surface area (Å²) in [5, 5.41) is 6.77. The van der Waals surface area contributed by atoms with Crippen molar-refractivity contribution in [3.8, 4) is 5.88 Å². The highest BCUT2D eigenvalue weighted by atomic mass is 32.2. The molecule has 3 aliphatic rings. The average Bonchev–Trinajstić information content (AvgIpc) is 3.47. The zero-order chi connectivity index (χ0) is 28.7. The fourth-order valence-electron chi connectivity index (χ4n) is 7.18. The maximum atomic E-state index is 12.8. The van der Waals surface area contributed by atoms with Crippen molar-refractivity contribution in [3.63, 3.8) is 0 Å². The van der Waals surface area contributed by atoms with Crippen molar-refractivity contribution in [1.29, 1.82) is 0 Å². The second-order valence-electron chi connectivity index (χ2n) is 11.7. The number of benzene rings is 1. The summed E-state index contributed by atoms with van der Waals surface area (Å²) >= 11 is 0. The van der Waals surface area contributed by atoms with Gasteiger partial charge in [-0.3, -0.25) is 14.6 Å². The van der Waals surface area contributed by atoms with Crippen LogP contribution in [0.5, 0.6) is 5.88 Å². The topological polar surface area (TPSA) is 115 Å². The van der Waals surface area contributed by atoms with E-state index in [-0.39, 0.29) is 35.0 Å². The van der Waals surface area contributed by atoms with Crippen LogP contribution >= 0.6 is 0 Å². The van der Waals surface area contributed by atoms with E-state index in [2.05, 4.69) is 31.7 Å². The number of rotatable bonds is 14. The van der Waals surface area contributed by atoms with E-state index in [0.29, 0.717) is 18.9 Å². The standard InChI is InChI=1S/C30H44N4O6S/c1-2-3-17-34-22-23-11-8-18-33-19-9-14-25(28(23)33)26(34)15-7-16-27(35)38-20-10-21-39-29-30(32-40-31-29)41(36,37)24-12-5-4-6-13-24/h4-6,12-13,23,25-26,28H,2-3,7-11,14-22H2,1H3/t23-,25+,26?,28-/m1/s1. The van der Waals surface area contributed by atoms with E-state index in [1.54, 1.807) is 18.2 Å². The van der Waals surface area contributed by atoms with Gasteiger partial charge in [0.1, 0.15) is 0 Å². The summed E-state index contributed by atoms with van der Waals surface area (Å²) in [4.78, 5) is 18.1. The van der Waals surface area contributed by atoms with Gasteiger partial charge in [-0.25, -0.2) is 13.0 Å². The first-order valence-electron chi connectivity index (χ1n) is 15.4. The van der Waals surface area contributed by atoms with Gasteiger partial charge in [0.25, 0.3) is 10.9 Å². The molecule has 0 aliphatic carbocycles. The molecule has 226 valence electrons. The summed E-state index contributed by atoms with van der Waals surface area (Å²) in [6.45, 7) is 7.47. The van der Waals surface area contributed by atoms with Gasteiger partial charge in [0.05, 0.1) is 18.1 Å². The molecule has 1 aromatic carbocycles. The second kappa shape index (κ2) is 14.1. The summed E-state index contributed by atoms with van der Waals surface area (Å²) in [6.07, 6.45) is 10.4. The highest BCUT2D eigenvalue weighted by Crippen LogP contribution is 2.43. The number of esters is 1. The molecular formula is C30H44N4O6S. The third-order valence-electron chi connectivity index (χ3n) is 8.99. The van der Waals surface area contributed by atoms with E-state index in [1.165, 1.54) is 76.8 Å². The molecule has 3 aliphatic heterocycles. The molecule has 3 saturated heterocycles. The van der Waals surface area contributed by atoms with Crippen LogP contribution in [0.3, 0.4) is 0 Å². The number of sulfone groups is 1. The predicted molar refractivity (Wildman–Crippen MR) is 152 cm³/mol. The Kier molecular flexibility index (Phi) is 10.3. The van der Waals surface area contributed by atoms with Crippen LogP contribution in [0.4, 0.5) is 0 Å². The van der Waals surface area contributed by atoms with Crippen molar-refractivity contribution in [1.82, 2.24) is 20.1 Å². The average molecular weight is 589 g/mol. The summed E-state index contributed by atoms with van der Waals surface area (Å²) in [5.74, 6) is 1.13. The Morgan fingerprint density at radius 3 is 2.66 bits per heavy atom. The Morgan fingerprint density at radius 1 is 1.05 bits per heavy atom. The first-order chi connectivity index (χ1) is 20.0. The van der Waals surface area contributed by atoms with Gasteiger partial charge < -0.3 is 9.47 Å². The normalized spacial score (nSPS) is 25.0. The van der Waals surface area contributed by atoms with E-state index >= 15 is 0 Å². The fraction of sp³-hybridized carbons (Fsp3) is 0.700. The molecule has 1 aromatic heterocycles. The highest BCUT2D eigenvalue weighted by molar-refractivity contribution is 7.91. The fourth-order valence-corrected chi connectivity index (χ4v) is 8.37. The van der Waals surface area contributed by atoms with Crippen LogP contribution in [0.15, 0.2) is 44.9 Å². The number of carbonyl (C=O) groups excluding carboxylic acids is 1. The first-order valence-corrected chi connectivity index (χ1v) is 16.9. The van der Waals surface area contributed by atoms with Crippen molar-refractivity contribution in [3.05, 3.63) is 30.3 Å². The number of piperidine rings is 3. The number of unbranched alkanes of at least 4 members (excludes halogenated alkanes) is 1. The van der Waals surface area contributed by atoms with Crippen LogP contribution in [-0.2, 0) is 19.4 Å². The molecule has 4 atom stereocenters. The lowest BCUT2D eigenvalue weighted by Crippen LogP contribution is -2.64. The molecule has 4 heterocycles. The van der Waals surface area contributed by atoms with Crippen LogP contribution in [0.2, 0.25) is 0 Å². The van der Waals surface area contributed by atoms with E-state index in [1.807, 2.05) is 0 Å². The number of ether oxygens (including phenoxy) is 2. The minimum atomic E-state index is -3.91. The highest BCUT2D eigenvalue weighted by Gasteiger charge is 2.47. The van der Waals surface area contributed by atoms with Crippen LogP contribution in [-0.4, -0.2) is 86.0 Å². The summed E-state index contributed by atoms with van der Waals surface area (Å²) in [6, 6.07) is 9.22. The van der Waals surface area contributed by atoms with Gasteiger partial charge in [-0.1, -0.05) is 31.5 Å². The molecule has 0 radical (unpaired) electrons. The van der Waals surface area contributed by atoms with Gasteiger partial charge >= 0.3 is 5.97 Å². The van der Waals surface area contributed by atoms with Gasteiger partial charge in [-0.2, -0.15) is 0 Å². The number of hydrogen-bond acceptors (Lipinski definition) is 10. The summed E-state index contributed by atoms with van der Waals surface area (Å²) in [7, 11) is -3.91. The largest absolute Gasteiger partial charge is 0.473 e. The number of aromatic nitrogens is 2. The molecule has 3 fully saturated rings. The quantitative estimate of drug-likeness (QED) is 0.233. The van der Waals surface area contributed by atoms with Crippen molar-refractivity contribution in [2.45, 2.75) is 93.1 Å². The number of likely N-dealkylation sites (tertiary alicyclic amines) is 1. The van der Waals surface area contributed by atoms with Crippen molar-refractivity contribution >= 4 is 15.8 Å². The van der Waals surface area contributed by atoms with E-state index < -0.39 is 9.84 Å². The second-order valence-corrected chi connectivity index (χ2v) is 13.5. The first kappa shape index (κ1) is 30.0. The molecule has 5 rings (SSSR count). The van der Waals surface area contributed by atoms with E-state index in [9.17, 15) is 13.2 Å². The molecule has 41 heavy (non-hydrogen) atoms. The van der Waals surface area contributed by atoms with E-state index in [4.69, 9.17) is 9.47 Å². The van der Waals surface area contributed by atoms with Crippen molar-refractivity contribution in [2.24, 2.45) is 11.8 Å². The molecular weight excluding hydrogens is 544 g/mol.